The number of fused-ring (bicyclic) bond motifs is 1. The highest BCUT2D eigenvalue weighted by Gasteiger charge is 2.25. The van der Waals surface area contributed by atoms with Crippen LogP contribution in [0.25, 0.3) is 11.0 Å². The van der Waals surface area contributed by atoms with Gasteiger partial charge in [-0.25, -0.2) is 9.37 Å². The van der Waals surface area contributed by atoms with Crippen molar-refractivity contribution in [2.75, 3.05) is 13.1 Å². The van der Waals surface area contributed by atoms with Gasteiger partial charge in [0, 0.05) is 53.5 Å². The Labute approximate surface area is 206 Å². The predicted octanol–water partition coefficient (Wildman–Crippen LogP) is 6.02. The summed E-state index contributed by atoms with van der Waals surface area (Å²) in [5.74, 6) is 0.660. The number of para-hydroxylation sites is 1. The Morgan fingerprint density at radius 1 is 1.21 bits per heavy atom. The van der Waals surface area contributed by atoms with Gasteiger partial charge >= 0.3 is 0 Å². The molecule has 1 amide bonds. The molecule has 2 aromatic carbocycles. The van der Waals surface area contributed by atoms with E-state index in [1.807, 2.05) is 48.7 Å². The number of benzene rings is 2. The fraction of sp³-hybridized carbons (Fsp3) is 0.308. The number of aryl methyl sites for hydroxylation is 1. The minimum absolute atomic E-state index is 0.104. The van der Waals surface area contributed by atoms with E-state index in [0.29, 0.717) is 11.5 Å². The Balaban J connectivity index is 1.23. The van der Waals surface area contributed by atoms with E-state index in [1.165, 1.54) is 12.1 Å². The summed E-state index contributed by atoms with van der Waals surface area (Å²) in [6, 6.07) is 14.6. The van der Waals surface area contributed by atoms with E-state index < -0.39 is 0 Å². The van der Waals surface area contributed by atoms with Gasteiger partial charge in [0.2, 0.25) is 0 Å². The number of rotatable bonds is 7. The lowest BCUT2D eigenvalue weighted by Gasteiger charge is -2.32. The minimum Gasteiger partial charge on any atom is -0.451 e. The zero-order valence-electron chi connectivity index (χ0n) is 18.9. The number of thiazole rings is 1. The highest BCUT2D eigenvalue weighted by Crippen LogP contribution is 2.33. The topological polar surface area (TPSA) is 58.4 Å². The van der Waals surface area contributed by atoms with E-state index in [1.54, 1.807) is 23.1 Å². The molecule has 4 aromatic rings. The molecule has 0 unspecified atom stereocenters. The van der Waals surface area contributed by atoms with Crippen LogP contribution in [-0.2, 0) is 12.3 Å². The molecule has 5 nitrogen and oxygen atoms in total. The van der Waals surface area contributed by atoms with Crippen LogP contribution in [0.2, 0.25) is 0 Å². The van der Waals surface area contributed by atoms with Crippen molar-refractivity contribution in [3.05, 3.63) is 82.3 Å². The molecule has 34 heavy (non-hydrogen) atoms. The number of amides is 1. The normalized spacial score (nSPS) is 15.1. The monoisotopic (exact) mass is 495 g/mol. The number of piperidine rings is 1. The molecule has 1 N–H and O–H groups in total. The third kappa shape index (κ3) is 5.35. The average Bonchev–Trinajstić information content (AvgIpc) is 3.43. The highest BCUT2D eigenvalue weighted by molar-refractivity contribution is 8.00. The number of nitrogens with zero attached hydrogens (tertiary/aromatic N) is 2. The second-order valence-corrected chi connectivity index (χ2v) is 10.7. The van der Waals surface area contributed by atoms with Crippen molar-refractivity contribution in [1.82, 2.24) is 15.2 Å². The Hall–Kier alpha value is -2.68. The van der Waals surface area contributed by atoms with Gasteiger partial charge in [0.1, 0.15) is 15.7 Å². The Morgan fingerprint density at radius 2 is 1.97 bits per heavy atom. The van der Waals surface area contributed by atoms with Crippen LogP contribution >= 0.6 is 23.1 Å². The van der Waals surface area contributed by atoms with Crippen molar-refractivity contribution in [1.29, 1.82) is 0 Å². The molecular weight excluding hydrogens is 469 g/mol. The van der Waals surface area contributed by atoms with Crippen LogP contribution in [-0.4, -0.2) is 34.9 Å². The SMILES string of the molecule is Cc1csc(SCc2c(C(=O)NC3CCN(Cc4ccc(F)cc4)CC3)oc3ccccc23)n1. The Bertz CT molecular complexity index is 1280. The zero-order chi connectivity index (χ0) is 23.5. The minimum atomic E-state index is -0.213. The first-order valence-corrected chi connectivity index (χ1v) is 13.2. The van der Waals surface area contributed by atoms with Crippen LogP contribution in [0.5, 0.6) is 0 Å². The molecule has 0 atom stereocenters. The maximum atomic E-state index is 13.2. The number of furan rings is 1. The Kier molecular flexibility index (Phi) is 6.99. The molecule has 8 heteroatoms. The summed E-state index contributed by atoms with van der Waals surface area (Å²) in [6.45, 7) is 4.54. The summed E-state index contributed by atoms with van der Waals surface area (Å²) in [6.07, 6.45) is 1.74. The number of thioether (sulfide) groups is 1. The van der Waals surface area contributed by atoms with E-state index in [0.717, 1.165) is 64.6 Å². The predicted molar refractivity (Wildman–Crippen MR) is 135 cm³/mol. The smallest absolute Gasteiger partial charge is 0.287 e. The molecule has 1 fully saturated rings. The van der Waals surface area contributed by atoms with E-state index in [-0.39, 0.29) is 17.8 Å². The lowest BCUT2D eigenvalue weighted by Crippen LogP contribution is -2.44. The van der Waals surface area contributed by atoms with Crippen molar-refractivity contribution in [2.45, 2.75) is 42.4 Å². The largest absolute Gasteiger partial charge is 0.451 e. The number of likely N-dealkylation sites (tertiary alicyclic amines) is 1. The van der Waals surface area contributed by atoms with Gasteiger partial charge in [-0.2, -0.15) is 0 Å². The summed E-state index contributed by atoms with van der Waals surface area (Å²) < 4.78 is 20.2. The van der Waals surface area contributed by atoms with Crippen molar-refractivity contribution in [3.63, 3.8) is 0 Å². The summed E-state index contributed by atoms with van der Waals surface area (Å²) in [4.78, 5) is 20.1. The molecule has 1 aliphatic rings. The van der Waals surface area contributed by atoms with Crippen LogP contribution in [0.4, 0.5) is 4.39 Å². The molecule has 0 aliphatic carbocycles. The summed E-state index contributed by atoms with van der Waals surface area (Å²) in [5, 5.41) is 6.21. The van der Waals surface area contributed by atoms with Crippen LogP contribution in [0.15, 0.2) is 62.7 Å². The number of carbonyl (C=O) groups is 1. The van der Waals surface area contributed by atoms with Crippen molar-refractivity contribution in [2.24, 2.45) is 0 Å². The highest BCUT2D eigenvalue weighted by atomic mass is 32.2. The molecule has 5 rings (SSSR count). The molecule has 0 radical (unpaired) electrons. The van der Waals surface area contributed by atoms with Crippen LogP contribution in [0, 0.1) is 12.7 Å². The van der Waals surface area contributed by atoms with Gasteiger partial charge in [0.15, 0.2) is 5.76 Å². The quantitative estimate of drug-likeness (QED) is 0.318. The first kappa shape index (κ1) is 23.1. The zero-order valence-corrected chi connectivity index (χ0v) is 20.6. The van der Waals surface area contributed by atoms with E-state index in [2.05, 4.69) is 15.2 Å². The van der Waals surface area contributed by atoms with E-state index in [4.69, 9.17) is 4.42 Å². The maximum absolute atomic E-state index is 13.2. The van der Waals surface area contributed by atoms with Crippen molar-refractivity contribution >= 4 is 40.0 Å². The van der Waals surface area contributed by atoms with Gasteiger partial charge in [0.05, 0.1) is 0 Å². The van der Waals surface area contributed by atoms with Crippen molar-refractivity contribution < 1.29 is 13.6 Å². The summed E-state index contributed by atoms with van der Waals surface area (Å²) >= 11 is 3.25. The van der Waals surface area contributed by atoms with Crippen molar-refractivity contribution in [3.8, 4) is 0 Å². The van der Waals surface area contributed by atoms with Gasteiger partial charge in [-0.1, -0.05) is 42.1 Å². The number of hydrogen-bond acceptors (Lipinski definition) is 6. The van der Waals surface area contributed by atoms with E-state index in [9.17, 15) is 9.18 Å². The summed E-state index contributed by atoms with van der Waals surface area (Å²) in [5.41, 5.74) is 3.75. The Morgan fingerprint density at radius 3 is 2.71 bits per heavy atom. The molecule has 176 valence electrons. The lowest BCUT2D eigenvalue weighted by atomic mass is 10.0. The van der Waals surface area contributed by atoms with E-state index >= 15 is 0 Å². The first-order chi connectivity index (χ1) is 16.5. The third-order valence-electron chi connectivity index (χ3n) is 6.08. The first-order valence-electron chi connectivity index (χ1n) is 11.4. The maximum Gasteiger partial charge on any atom is 0.287 e. The van der Waals surface area contributed by atoms with Gasteiger partial charge in [-0.15, -0.1) is 11.3 Å². The molecule has 1 saturated heterocycles. The average molecular weight is 496 g/mol. The summed E-state index contributed by atoms with van der Waals surface area (Å²) in [7, 11) is 0. The molecule has 3 heterocycles. The van der Waals surface area contributed by atoms with Gasteiger partial charge in [-0.3, -0.25) is 9.69 Å². The number of aromatic nitrogens is 1. The number of carbonyl (C=O) groups excluding carboxylic acids is 1. The van der Waals surface area contributed by atoms with Crippen LogP contribution in [0.3, 0.4) is 0 Å². The fourth-order valence-electron chi connectivity index (χ4n) is 4.29. The molecular formula is C26H26FN3O2S2. The number of nitrogens with one attached hydrogen (secondary N) is 1. The van der Waals surface area contributed by atoms with Crippen LogP contribution < -0.4 is 5.32 Å². The van der Waals surface area contributed by atoms with Crippen LogP contribution in [0.1, 0.15) is 40.2 Å². The third-order valence-corrected chi connectivity index (χ3v) is 8.25. The molecule has 0 saturated carbocycles. The second-order valence-electron chi connectivity index (χ2n) is 8.60. The standard InChI is InChI=1S/C26H26FN3O2S2/c1-17-15-33-26(28-17)34-16-22-21-4-2-3-5-23(21)32-24(22)25(31)29-20-10-12-30(13-11-20)14-18-6-8-19(27)9-7-18/h2-9,15,20H,10-14,16H2,1H3,(H,29,31). The molecule has 0 spiro atoms. The fourth-order valence-corrected chi connectivity index (χ4v) is 6.17. The lowest BCUT2D eigenvalue weighted by molar-refractivity contribution is 0.0882. The number of hydrogen-bond donors (Lipinski definition) is 1. The molecule has 0 bridgehead atoms. The van der Waals surface area contributed by atoms with Gasteiger partial charge < -0.3 is 9.73 Å². The molecule has 1 aliphatic heterocycles. The molecule has 2 aromatic heterocycles. The van der Waals surface area contributed by atoms with Gasteiger partial charge in [-0.05, 0) is 43.5 Å². The number of halogens is 1. The second kappa shape index (κ2) is 10.3. The van der Waals surface area contributed by atoms with Gasteiger partial charge in [0.25, 0.3) is 5.91 Å².